The highest BCUT2D eigenvalue weighted by atomic mass is 32.2. The van der Waals surface area contributed by atoms with Gasteiger partial charge in [-0.05, 0) is 31.0 Å². The Balaban J connectivity index is 2.07. The van der Waals surface area contributed by atoms with E-state index in [4.69, 9.17) is 5.73 Å². The number of nitrogen functional groups attached to an aromatic ring is 1. The van der Waals surface area contributed by atoms with Crippen molar-refractivity contribution < 1.29 is 8.60 Å². The van der Waals surface area contributed by atoms with E-state index in [1.54, 1.807) is 6.07 Å². The molecule has 1 aromatic carbocycles. The normalized spacial score (nSPS) is 24.5. The van der Waals surface area contributed by atoms with Crippen LogP contribution in [0.5, 0.6) is 0 Å². The van der Waals surface area contributed by atoms with E-state index in [0.717, 1.165) is 18.4 Å². The second-order valence-corrected chi connectivity index (χ2v) is 6.25. The van der Waals surface area contributed by atoms with Crippen molar-refractivity contribution in [2.24, 2.45) is 0 Å². The first-order valence-corrected chi connectivity index (χ1v) is 7.42. The van der Waals surface area contributed by atoms with E-state index >= 15 is 0 Å². The zero-order chi connectivity index (χ0) is 12.7. The molecule has 3 rings (SSSR count). The van der Waals surface area contributed by atoms with Crippen molar-refractivity contribution >= 4 is 27.8 Å². The van der Waals surface area contributed by atoms with Gasteiger partial charge in [0.05, 0.1) is 11.0 Å². The van der Waals surface area contributed by atoms with E-state index in [0.29, 0.717) is 23.0 Å². The molecule has 2 heterocycles. The van der Waals surface area contributed by atoms with Crippen molar-refractivity contribution in [1.82, 2.24) is 9.55 Å². The molecule has 6 heteroatoms. The maximum absolute atomic E-state index is 13.3. The SMILES string of the molecule is Nc1nc2ccc(F)cc2n1C1CCS(=O)CC1. The quantitative estimate of drug-likeness (QED) is 0.857. The predicted octanol–water partition coefficient (Wildman–Crippen LogP) is 1.84. The van der Waals surface area contributed by atoms with Gasteiger partial charge in [-0.3, -0.25) is 4.21 Å². The molecule has 0 amide bonds. The summed E-state index contributed by atoms with van der Waals surface area (Å²) in [6, 6.07) is 4.66. The van der Waals surface area contributed by atoms with Gasteiger partial charge in [-0.2, -0.15) is 0 Å². The summed E-state index contributed by atoms with van der Waals surface area (Å²) >= 11 is 0. The number of rotatable bonds is 1. The van der Waals surface area contributed by atoms with Gasteiger partial charge < -0.3 is 10.3 Å². The van der Waals surface area contributed by atoms with Gasteiger partial charge in [-0.1, -0.05) is 0 Å². The lowest BCUT2D eigenvalue weighted by molar-refractivity contribution is 0.477. The van der Waals surface area contributed by atoms with Crippen LogP contribution in [-0.4, -0.2) is 25.3 Å². The first-order valence-electron chi connectivity index (χ1n) is 5.93. The Hall–Kier alpha value is -1.43. The number of hydrogen-bond donors (Lipinski definition) is 1. The summed E-state index contributed by atoms with van der Waals surface area (Å²) in [7, 11) is -0.716. The average Bonchev–Trinajstić information content (AvgIpc) is 2.66. The number of nitrogens with zero attached hydrogens (tertiary/aromatic N) is 2. The van der Waals surface area contributed by atoms with Crippen molar-refractivity contribution in [1.29, 1.82) is 0 Å². The number of nitrogens with two attached hydrogens (primary N) is 1. The molecule has 1 aliphatic rings. The largest absolute Gasteiger partial charge is 0.369 e. The van der Waals surface area contributed by atoms with Gasteiger partial charge >= 0.3 is 0 Å². The average molecular weight is 267 g/mol. The van der Waals surface area contributed by atoms with Gasteiger partial charge in [-0.15, -0.1) is 0 Å². The van der Waals surface area contributed by atoms with Crippen molar-refractivity contribution in [3.63, 3.8) is 0 Å². The summed E-state index contributed by atoms with van der Waals surface area (Å²) in [6.07, 6.45) is 1.61. The summed E-state index contributed by atoms with van der Waals surface area (Å²) in [6.45, 7) is 0. The van der Waals surface area contributed by atoms with Gasteiger partial charge in [0.1, 0.15) is 5.82 Å². The highest BCUT2D eigenvalue weighted by Gasteiger charge is 2.23. The molecule has 2 N–H and O–H groups in total. The molecule has 0 spiro atoms. The first-order chi connectivity index (χ1) is 8.65. The molecule has 0 aliphatic carbocycles. The number of anilines is 1. The Morgan fingerprint density at radius 1 is 1.39 bits per heavy atom. The lowest BCUT2D eigenvalue weighted by Crippen LogP contribution is -2.22. The summed E-state index contributed by atoms with van der Waals surface area (Å²) in [4.78, 5) is 4.25. The number of benzene rings is 1. The van der Waals surface area contributed by atoms with E-state index in [1.165, 1.54) is 12.1 Å². The van der Waals surface area contributed by atoms with E-state index in [2.05, 4.69) is 4.98 Å². The van der Waals surface area contributed by atoms with Crippen LogP contribution in [0.3, 0.4) is 0 Å². The van der Waals surface area contributed by atoms with Crippen LogP contribution < -0.4 is 5.73 Å². The smallest absolute Gasteiger partial charge is 0.201 e. The van der Waals surface area contributed by atoms with Crippen LogP contribution in [0.1, 0.15) is 18.9 Å². The second kappa shape index (κ2) is 4.35. The van der Waals surface area contributed by atoms with Crippen LogP contribution in [-0.2, 0) is 10.8 Å². The van der Waals surface area contributed by atoms with Gasteiger partial charge in [0, 0.05) is 28.3 Å². The summed E-state index contributed by atoms with van der Waals surface area (Å²) in [5.41, 5.74) is 7.36. The number of aromatic nitrogens is 2. The Kier molecular flexibility index (Phi) is 2.81. The van der Waals surface area contributed by atoms with Crippen molar-refractivity contribution in [3.8, 4) is 0 Å². The zero-order valence-electron chi connectivity index (χ0n) is 9.80. The molecule has 1 saturated heterocycles. The Labute approximate surface area is 106 Å². The number of imidazole rings is 1. The molecule has 0 saturated carbocycles. The van der Waals surface area contributed by atoms with Crippen LogP contribution in [0.4, 0.5) is 10.3 Å². The Morgan fingerprint density at radius 3 is 2.83 bits per heavy atom. The third kappa shape index (κ3) is 1.90. The molecular formula is C12H14FN3OS. The number of fused-ring (bicyclic) bond motifs is 1. The minimum atomic E-state index is -0.716. The lowest BCUT2D eigenvalue weighted by atomic mass is 10.1. The molecule has 4 nitrogen and oxygen atoms in total. The van der Waals surface area contributed by atoms with Gasteiger partial charge in [0.25, 0.3) is 0 Å². The Morgan fingerprint density at radius 2 is 2.11 bits per heavy atom. The summed E-state index contributed by atoms with van der Waals surface area (Å²) < 4.78 is 26.6. The minimum absolute atomic E-state index is 0.175. The first kappa shape index (κ1) is 11.6. The zero-order valence-corrected chi connectivity index (χ0v) is 10.6. The molecule has 96 valence electrons. The summed E-state index contributed by atoms with van der Waals surface area (Å²) in [5, 5.41) is 0. The van der Waals surface area contributed by atoms with E-state index in [9.17, 15) is 8.60 Å². The number of hydrogen-bond acceptors (Lipinski definition) is 3. The van der Waals surface area contributed by atoms with Crippen molar-refractivity contribution in [2.75, 3.05) is 17.2 Å². The standard InChI is InChI=1S/C12H14FN3OS/c13-8-1-2-10-11(7-8)16(12(14)15-10)9-3-5-18(17)6-4-9/h1-2,7,9H,3-6H2,(H2,14,15). The molecule has 0 unspecified atom stereocenters. The summed E-state index contributed by atoms with van der Waals surface area (Å²) in [5.74, 6) is 1.48. The highest BCUT2D eigenvalue weighted by Crippen LogP contribution is 2.30. The van der Waals surface area contributed by atoms with Crippen LogP contribution in [0.15, 0.2) is 18.2 Å². The molecule has 0 bridgehead atoms. The predicted molar refractivity (Wildman–Crippen MR) is 70.3 cm³/mol. The second-order valence-electron chi connectivity index (χ2n) is 4.55. The lowest BCUT2D eigenvalue weighted by Gasteiger charge is -2.24. The van der Waals surface area contributed by atoms with Crippen LogP contribution in [0.2, 0.25) is 0 Å². The fraction of sp³-hybridized carbons (Fsp3) is 0.417. The monoisotopic (exact) mass is 267 g/mol. The molecule has 0 atom stereocenters. The van der Waals surface area contributed by atoms with Crippen LogP contribution in [0.25, 0.3) is 11.0 Å². The number of halogens is 1. The minimum Gasteiger partial charge on any atom is -0.369 e. The maximum atomic E-state index is 13.3. The van der Waals surface area contributed by atoms with Gasteiger partial charge in [0.15, 0.2) is 0 Å². The molecule has 1 aromatic heterocycles. The van der Waals surface area contributed by atoms with Crippen molar-refractivity contribution in [2.45, 2.75) is 18.9 Å². The molecule has 1 fully saturated rings. The van der Waals surface area contributed by atoms with Crippen LogP contribution >= 0.6 is 0 Å². The van der Waals surface area contributed by atoms with E-state index in [1.807, 2.05) is 4.57 Å². The molecule has 0 radical (unpaired) electrons. The van der Waals surface area contributed by atoms with Gasteiger partial charge in [-0.25, -0.2) is 9.37 Å². The molecule has 2 aromatic rings. The van der Waals surface area contributed by atoms with E-state index in [-0.39, 0.29) is 11.9 Å². The van der Waals surface area contributed by atoms with Gasteiger partial charge in [0.2, 0.25) is 5.95 Å². The Bertz CT molecular complexity index is 615. The fourth-order valence-corrected chi connectivity index (χ4v) is 3.78. The van der Waals surface area contributed by atoms with Crippen molar-refractivity contribution in [3.05, 3.63) is 24.0 Å². The van der Waals surface area contributed by atoms with Crippen LogP contribution in [0, 0.1) is 5.82 Å². The fourth-order valence-electron chi connectivity index (χ4n) is 2.51. The molecule has 1 aliphatic heterocycles. The third-order valence-corrected chi connectivity index (χ3v) is 4.78. The third-order valence-electron chi connectivity index (χ3n) is 3.40. The molecule has 18 heavy (non-hydrogen) atoms. The maximum Gasteiger partial charge on any atom is 0.201 e. The highest BCUT2D eigenvalue weighted by molar-refractivity contribution is 7.85. The van der Waals surface area contributed by atoms with E-state index < -0.39 is 10.8 Å². The molecular weight excluding hydrogens is 253 g/mol. The topological polar surface area (TPSA) is 60.9 Å².